The Bertz CT molecular complexity index is 439. The van der Waals surface area contributed by atoms with Gasteiger partial charge in [0, 0.05) is 10.4 Å². The maximum Gasteiger partial charge on any atom is 0.418 e. The Morgan fingerprint density at radius 1 is 1.35 bits per heavy atom. The van der Waals surface area contributed by atoms with Crippen molar-refractivity contribution in [3.05, 3.63) is 28.2 Å². The average molecular weight is 309 g/mol. The Labute approximate surface area is 106 Å². The van der Waals surface area contributed by atoms with Crippen molar-refractivity contribution >= 4 is 27.5 Å². The predicted octanol–water partition coefficient (Wildman–Crippen LogP) is 4.11. The first-order valence-electron chi connectivity index (χ1n) is 4.92. The molecule has 6 heteroatoms. The molecular weight excluding hydrogens is 297 g/mol. The maximum absolute atomic E-state index is 12.7. The molecule has 0 aromatic heterocycles. The summed E-state index contributed by atoms with van der Waals surface area (Å²) in [5.74, 6) is 0.0811. The first kappa shape index (κ1) is 14.0. The Kier molecular flexibility index (Phi) is 4.19. The summed E-state index contributed by atoms with van der Waals surface area (Å²) >= 11 is 3.00. The summed E-state index contributed by atoms with van der Waals surface area (Å²) in [5.41, 5.74) is 4.61. The summed E-state index contributed by atoms with van der Waals surface area (Å²) in [5, 5.41) is 0. The number of hydrogen-bond donors (Lipinski definition) is 1. The Hall–Kier alpha value is -1.04. The Morgan fingerprint density at radius 2 is 1.94 bits per heavy atom. The molecule has 94 valence electrons. The highest BCUT2D eigenvalue weighted by Crippen LogP contribution is 2.38. The standard InChI is InChI=1S/C11H12BrF3N2/c1-6(2)10(16)17-9-4-3-7(12)5-8(9)11(13,14)15/h3-6H,1-2H3,(H2,16,17). The van der Waals surface area contributed by atoms with E-state index in [9.17, 15) is 13.2 Å². The number of benzene rings is 1. The van der Waals surface area contributed by atoms with Crippen molar-refractivity contribution in [2.45, 2.75) is 20.0 Å². The third-order valence-corrected chi connectivity index (χ3v) is 2.60. The summed E-state index contributed by atoms with van der Waals surface area (Å²) < 4.78 is 38.6. The lowest BCUT2D eigenvalue weighted by molar-refractivity contribution is -0.137. The number of halogens is 4. The van der Waals surface area contributed by atoms with E-state index in [0.29, 0.717) is 4.47 Å². The molecule has 1 rings (SSSR count). The smallest absolute Gasteiger partial charge is 0.387 e. The van der Waals surface area contributed by atoms with Crippen LogP contribution >= 0.6 is 15.9 Å². The van der Waals surface area contributed by atoms with E-state index in [0.717, 1.165) is 6.07 Å². The Balaban J connectivity index is 3.30. The zero-order valence-electron chi connectivity index (χ0n) is 9.35. The van der Waals surface area contributed by atoms with E-state index in [4.69, 9.17) is 5.73 Å². The monoisotopic (exact) mass is 308 g/mol. The molecule has 2 nitrogen and oxygen atoms in total. The second kappa shape index (κ2) is 5.08. The normalized spacial score (nSPS) is 13.2. The van der Waals surface area contributed by atoms with Crippen LogP contribution in [0.4, 0.5) is 18.9 Å². The van der Waals surface area contributed by atoms with Gasteiger partial charge in [0.1, 0.15) is 5.84 Å². The van der Waals surface area contributed by atoms with Gasteiger partial charge in [-0.3, -0.25) is 0 Å². The minimum atomic E-state index is -4.44. The molecule has 0 heterocycles. The lowest BCUT2D eigenvalue weighted by atomic mass is 10.1. The number of rotatable bonds is 2. The highest BCUT2D eigenvalue weighted by Gasteiger charge is 2.33. The molecule has 0 unspecified atom stereocenters. The SMILES string of the molecule is CC(C)C(N)=Nc1ccc(Br)cc1C(F)(F)F. The van der Waals surface area contributed by atoms with Crippen LogP contribution in [0.15, 0.2) is 27.7 Å². The van der Waals surface area contributed by atoms with E-state index in [2.05, 4.69) is 20.9 Å². The van der Waals surface area contributed by atoms with Crippen LogP contribution in [0.25, 0.3) is 0 Å². The molecule has 0 aliphatic carbocycles. The second-order valence-electron chi connectivity index (χ2n) is 3.85. The molecule has 0 aliphatic heterocycles. The van der Waals surface area contributed by atoms with Crippen molar-refractivity contribution in [2.24, 2.45) is 16.6 Å². The highest BCUT2D eigenvalue weighted by atomic mass is 79.9. The largest absolute Gasteiger partial charge is 0.418 e. The average Bonchev–Trinajstić information content (AvgIpc) is 2.18. The highest BCUT2D eigenvalue weighted by molar-refractivity contribution is 9.10. The van der Waals surface area contributed by atoms with E-state index < -0.39 is 11.7 Å². The molecule has 0 radical (unpaired) electrons. The topological polar surface area (TPSA) is 38.4 Å². The van der Waals surface area contributed by atoms with E-state index in [1.807, 2.05) is 0 Å². The van der Waals surface area contributed by atoms with Crippen molar-refractivity contribution < 1.29 is 13.2 Å². The second-order valence-corrected chi connectivity index (χ2v) is 4.77. The minimum Gasteiger partial charge on any atom is -0.387 e. The molecule has 0 saturated heterocycles. The van der Waals surface area contributed by atoms with E-state index >= 15 is 0 Å². The summed E-state index contributed by atoms with van der Waals surface area (Å²) in [4.78, 5) is 3.82. The van der Waals surface area contributed by atoms with Crippen LogP contribution in [0.5, 0.6) is 0 Å². The van der Waals surface area contributed by atoms with Crippen LogP contribution in [-0.4, -0.2) is 5.84 Å². The van der Waals surface area contributed by atoms with Gasteiger partial charge in [0.15, 0.2) is 0 Å². The summed E-state index contributed by atoms with van der Waals surface area (Å²) in [6.45, 7) is 3.54. The molecule has 0 bridgehead atoms. The lowest BCUT2D eigenvalue weighted by Gasteiger charge is -2.11. The van der Waals surface area contributed by atoms with E-state index in [1.54, 1.807) is 13.8 Å². The minimum absolute atomic E-state index is 0.0975. The van der Waals surface area contributed by atoms with Gasteiger partial charge in [0.2, 0.25) is 0 Å². The number of amidine groups is 1. The molecule has 2 N–H and O–H groups in total. The van der Waals surface area contributed by atoms with Crippen molar-refractivity contribution in [1.82, 2.24) is 0 Å². The fourth-order valence-corrected chi connectivity index (χ4v) is 1.46. The van der Waals surface area contributed by atoms with Gasteiger partial charge in [-0.25, -0.2) is 4.99 Å². The number of nitrogens with two attached hydrogens (primary N) is 1. The van der Waals surface area contributed by atoms with Crippen LogP contribution in [0.1, 0.15) is 19.4 Å². The van der Waals surface area contributed by atoms with Gasteiger partial charge in [-0.2, -0.15) is 13.2 Å². The third-order valence-electron chi connectivity index (χ3n) is 2.11. The van der Waals surface area contributed by atoms with E-state index in [-0.39, 0.29) is 17.4 Å². The van der Waals surface area contributed by atoms with Gasteiger partial charge in [-0.15, -0.1) is 0 Å². The van der Waals surface area contributed by atoms with Crippen LogP contribution in [0, 0.1) is 5.92 Å². The van der Waals surface area contributed by atoms with Crippen molar-refractivity contribution in [3.63, 3.8) is 0 Å². The van der Waals surface area contributed by atoms with Gasteiger partial charge >= 0.3 is 6.18 Å². The molecule has 0 saturated carbocycles. The maximum atomic E-state index is 12.7. The molecule has 0 spiro atoms. The molecule has 17 heavy (non-hydrogen) atoms. The molecule has 1 aromatic carbocycles. The molecule has 1 aromatic rings. The van der Waals surface area contributed by atoms with Gasteiger partial charge in [-0.05, 0) is 18.2 Å². The first-order chi connectivity index (χ1) is 7.71. The quantitative estimate of drug-likeness (QED) is 0.648. The number of hydrogen-bond acceptors (Lipinski definition) is 1. The third kappa shape index (κ3) is 3.73. The zero-order valence-corrected chi connectivity index (χ0v) is 10.9. The van der Waals surface area contributed by atoms with Crippen molar-refractivity contribution in [3.8, 4) is 0 Å². The molecular formula is C11H12BrF3N2. The molecule has 0 amide bonds. The number of alkyl halides is 3. The molecule has 0 atom stereocenters. The first-order valence-corrected chi connectivity index (χ1v) is 5.72. The van der Waals surface area contributed by atoms with Crippen molar-refractivity contribution in [1.29, 1.82) is 0 Å². The Morgan fingerprint density at radius 3 is 2.41 bits per heavy atom. The van der Waals surface area contributed by atoms with Gasteiger partial charge in [0.05, 0.1) is 11.3 Å². The van der Waals surface area contributed by atoms with Crippen LogP contribution < -0.4 is 5.73 Å². The molecule has 0 fully saturated rings. The lowest BCUT2D eigenvalue weighted by Crippen LogP contribution is -2.18. The fraction of sp³-hybridized carbons (Fsp3) is 0.364. The van der Waals surface area contributed by atoms with Gasteiger partial charge in [0.25, 0.3) is 0 Å². The van der Waals surface area contributed by atoms with Gasteiger partial charge < -0.3 is 5.73 Å². The van der Waals surface area contributed by atoms with E-state index in [1.165, 1.54) is 12.1 Å². The van der Waals surface area contributed by atoms with Crippen LogP contribution in [0.2, 0.25) is 0 Å². The molecule has 0 aliphatic rings. The number of nitrogens with zero attached hydrogens (tertiary/aromatic N) is 1. The summed E-state index contributed by atoms with van der Waals surface area (Å²) in [6.07, 6.45) is -4.44. The summed E-state index contributed by atoms with van der Waals surface area (Å²) in [6, 6.07) is 3.79. The van der Waals surface area contributed by atoms with Crippen molar-refractivity contribution in [2.75, 3.05) is 0 Å². The predicted molar refractivity (Wildman–Crippen MR) is 65.3 cm³/mol. The summed E-state index contributed by atoms with van der Waals surface area (Å²) in [7, 11) is 0. The number of aliphatic imine (C=N–C) groups is 1. The van der Waals surface area contributed by atoms with Gasteiger partial charge in [-0.1, -0.05) is 29.8 Å². The van der Waals surface area contributed by atoms with Crippen LogP contribution in [0.3, 0.4) is 0 Å². The van der Waals surface area contributed by atoms with Crippen LogP contribution in [-0.2, 0) is 6.18 Å². The fourth-order valence-electron chi connectivity index (χ4n) is 1.10. The zero-order chi connectivity index (χ0) is 13.2.